The number of aromatic nitrogens is 4. The van der Waals surface area contributed by atoms with Crippen LogP contribution in [-0.4, -0.2) is 84.4 Å². The number of hydrogen-bond donors (Lipinski definition) is 1. The summed E-state index contributed by atoms with van der Waals surface area (Å²) >= 11 is 7.80. The third-order valence-corrected chi connectivity index (χ3v) is 11.1. The van der Waals surface area contributed by atoms with Crippen molar-refractivity contribution in [3.05, 3.63) is 64.4 Å². The van der Waals surface area contributed by atoms with Crippen LogP contribution in [0.2, 0.25) is 5.02 Å². The Morgan fingerprint density at radius 1 is 1.08 bits per heavy atom. The monoisotopic (exact) mass is 700 g/mol. The number of piperidine rings is 1. The van der Waals surface area contributed by atoms with Gasteiger partial charge in [-0.1, -0.05) is 23.7 Å². The number of likely N-dealkylation sites (tertiary alicyclic amines) is 2. The van der Waals surface area contributed by atoms with Crippen LogP contribution in [0.5, 0.6) is 0 Å². The van der Waals surface area contributed by atoms with E-state index in [1.807, 2.05) is 80.9 Å². The van der Waals surface area contributed by atoms with Gasteiger partial charge in [-0.15, -0.1) is 11.3 Å². The van der Waals surface area contributed by atoms with Crippen molar-refractivity contribution in [2.75, 3.05) is 26.2 Å². The average Bonchev–Trinajstić information content (AvgIpc) is 3.59. The maximum absolute atomic E-state index is 12.7. The lowest BCUT2D eigenvalue weighted by atomic mass is 9.90. The normalized spacial score (nSPS) is 17.2. The highest BCUT2D eigenvalue weighted by Gasteiger charge is 2.36. The van der Waals surface area contributed by atoms with Crippen LogP contribution >= 0.6 is 22.9 Å². The standard InChI is InChI=1S/C37H41ClN6O4S/c1-20-15-28-33(30(22-7-9-25(38)10-8-22)29(20)32(36(46)47)48-37(3,4)5)49-35(40-28)24-16-27-31(41-42(6)34(27)39-17-24)23-11-13-43(14-12-23)26-18-44(19-26)21(2)45/h7-10,15-17,23,26,32H,11-14,18-19H2,1-6H3,(H,46,47). The van der Waals surface area contributed by atoms with Gasteiger partial charge in [0.25, 0.3) is 0 Å². The van der Waals surface area contributed by atoms with E-state index >= 15 is 0 Å². The maximum Gasteiger partial charge on any atom is 0.337 e. The molecule has 5 aromatic rings. The van der Waals surface area contributed by atoms with Gasteiger partial charge in [-0.25, -0.2) is 14.8 Å². The number of carbonyl (C=O) groups is 2. The maximum atomic E-state index is 12.7. The van der Waals surface area contributed by atoms with Gasteiger partial charge in [-0.2, -0.15) is 5.10 Å². The van der Waals surface area contributed by atoms with Gasteiger partial charge in [0, 0.05) is 72.3 Å². The van der Waals surface area contributed by atoms with Crippen LogP contribution in [0.15, 0.2) is 42.6 Å². The molecule has 2 aliphatic heterocycles. The smallest absolute Gasteiger partial charge is 0.337 e. The van der Waals surface area contributed by atoms with Gasteiger partial charge in [-0.3, -0.25) is 14.4 Å². The molecule has 12 heteroatoms. The van der Waals surface area contributed by atoms with Crippen molar-refractivity contribution in [2.45, 2.75) is 71.1 Å². The quantitative estimate of drug-likeness (QED) is 0.189. The van der Waals surface area contributed by atoms with E-state index in [2.05, 4.69) is 11.0 Å². The third-order valence-electron chi connectivity index (χ3n) is 9.71. The third kappa shape index (κ3) is 6.45. The number of thiazole rings is 1. The number of fused-ring (bicyclic) bond motifs is 2. The first-order chi connectivity index (χ1) is 23.3. The summed E-state index contributed by atoms with van der Waals surface area (Å²) in [6.07, 6.45) is 2.67. The van der Waals surface area contributed by atoms with Crippen molar-refractivity contribution in [2.24, 2.45) is 7.05 Å². The Morgan fingerprint density at radius 2 is 1.78 bits per heavy atom. The lowest BCUT2D eigenvalue weighted by Gasteiger charge is -2.47. The Hall–Kier alpha value is -3.90. The van der Waals surface area contributed by atoms with Gasteiger partial charge in [0.2, 0.25) is 5.91 Å². The lowest BCUT2D eigenvalue weighted by Crippen LogP contribution is -2.61. The minimum absolute atomic E-state index is 0.151. The molecule has 3 aromatic heterocycles. The number of aryl methyl sites for hydroxylation is 2. The Kier molecular flexibility index (Phi) is 8.75. The van der Waals surface area contributed by atoms with Crippen LogP contribution in [0.1, 0.15) is 69.4 Å². The molecule has 2 saturated heterocycles. The Bertz CT molecular complexity index is 2070. The second-order valence-electron chi connectivity index (χ2n) is 14.3. The molecule has 1 amide bonds. The van der Waals surface area contributed by atoms with Crippen molar-refractivity contribution in [1.82, 2.24) is 29.5 Å². The summed E-state index contributed by atoms with van der Waals surface area (Å²) in [5.74, 6) is -0.584. The van der Waals surface area contributed by atoms with Gasteiger partial charge in [0.1, 0.15) is 5.01 Å². The zero-order valence-electron chi connectivity index (χ0n) is 28.7. The number of pyridine rings is 1. The summed E-state index contributed by atoms with van der Waals surface area (Å²) in [5, 5.41) is 17.8. The van der Waals surface area contributed by atoms with E-state index in [4.69, 9.17) is 31.4 Å². The van der Waals surface area contributed by atoms with E-state index in [9.17, 15) is 14.7 Å². The van der Waals surface area contributed by atoms with Gasteiger partial charge < -0.3 is 14.7 Å². The highest BCUT2D eigenvalue weighted by Crippen LogP contribution is 2.45. The van der Waals surface area contributed by atoms with Crippen molar-refractivity contribution in [3.63, 3.8) is 0 Å². The molecular weight excluding hydrogens is 660 g/mol. The first kappa shape index (κ1) is 33.6. The molecule has 2 aromatic carbocycles. The number of carboxylic acids is 1. The molecule has 2 fully saturated rings. The number of ether oxygens (including phenoxy) is 1. The van der Waals surface area contributed by atoms with Crippen molar-refractivity contribution >= 4 is 56.1 Å². The predicted molar refractivity (Wildman–Crippen MR) is 193 cm³/mol. The molecule has 1 atom stereocenters. The van der Waals surface area contributed by atoms with Crippen LogP contribution < -0.4 is 0 Å². The molecule has 10 nitrogen and oxygen atoms in total. The van der Waals surface area contributed by atoms with E-state index in [1.54, 1.807) is 6.92 Å². The van der Waals surface area contributed by atoms with E-state index in [1.165, 1.54) is 11.3 Å². The van der Waals surface area contributed by atoms with E-state index in [-0.39, 0.29) is 5.91 Å². The predicted octanol–water partition coefficient (Wildman–Crippen LogP) is 7.22. The number of benzene rings is 2. The molecule has 0 saturated carbocycles. The SMILES string of the molecule is CC(=O)N1CC(N2CCC(c3nn(C)c4ncc(-c5nc6cc(C)c(C(OC(C)(C)C)C(=O)O)c(-c7ccc(Cl)cc7)c6s5)cc34)CC2)C1. The van der Waals surface area contributed by atoms with E-state index < -0.39 is 17.7 Å². The number of nitrogens with zero attached hydrogens (tertiary/aromatic N) is 6. The Labute approximate surface area is 294 Å². The first-order valence-electron chi connectivity index (χ1n) is 16.7. The molecule has 256 valence electrons. The summed E-state index contributed by atoms with van der Waals surface area (Å²) < 4.78 is 8.92. The minimum Gasteiger partial charge on any atom is -0.479 e. The second-order valence-corrected chi connectivity index (χ2v) is 15.7. The number of aliphatic carboxylic acids is 1. The molecule has 0 spiro atoms. The number of halogens is 1. The summed E-state index contributed by atoms with van der Waals surface area (Å²) in [4.78, 5) is 38.8. The van der Waals surface area contributed by atoms with Crippen LogP contribution in [0.3, 0.4) is 0 Å². The van der Waals surface area contributed by atoms with Gasteiger partial charge in [0.05, 0.1) is 21.5 Å². The minimum atomic E-state index is -1.18. The van der Waals surface area contributed by atoms with Crippen LogP contribution in [0.25, 0.3) is 42.9 Å². The molecule has 1 unspecified atom stereocenters. The number of rotatable bonds is 7. The molecule has 0 bridgehead atoms. The number of amides is 1. The fraction of sp³-hybridized carbons (Fsp3) is 0.432. The largest absolute Gasteiger partial charge is 0.479 e. The Morgan fingerprint density at radius 3 is 2.41 bits per heavy atom. The topological polar surface area (TPSA) is 114 Å². The highest BCUT2D eigenvalue weighted by molar-refractivity contribution is 7.22. The first-order valence-corrected chi connectivity index (χ1v) is 17.9. The molecule has 1 N–H and O–H groups in total. The molecule has 5 heterocycles. The summed E-state index contributed by atoms with van der Waals surface area (Å²) in [7, 11) is 1.94. The molecule has 0 aliphatic carbocycles. The van der Waals surface area contributed by atoms with Gasteiger partial charge in [0.15, 0.2) is 11.8 Å². The fourth-order valence-electron chi connectivity index (χ4n) is 7.23. The lowest BCUT2D eigenvalue weighted by molar-refractivity contribution is -0.160. The zero-order valence-corrected chi connectivity index (χ0v) is 30.2. The second kappa shape index (κ2) is 12.8. The van der Waals surface area contributed by atoms with Gasteiger partial charge in [-0.05, 0) is 89.0 Å². The van der Waals surface area contributed by atoms with Crippen molar-refractivity contribution < 1.29 is 19.4 Å². The van der Waals surface area contributed by atoms with Gasteiger partial charge >= 0.3 is 5.97 Å². The van der Waals surface area contributed by atoms with Crippen LogP contribution in [0.4, 0.5) is 0 Å². The summed E-state index contributed by atoms with van der Waals surface area (Å²) in [6.45, 7) is 12.7. The van der Waals surface area contributed by atoms with E-state index in [0.717, 1.165) is 93.2 Å². The number of carbonyl (C=O) groups excluding carboxylic acids is 1. The summed E-state index contributed by atoms with van der Waals surface area (Å²) in [5.41, 5.74) is 5.91. The molecular formula is C37H41ClN6O4S. The highest BCUT2D eigenvalue weighted by atomic mass is 35.5. The number of hydrogen-bond acceptors (Lipinski definition) is 8. The van der Waals surface area contributed by atoms with Crippen LogP contribution in [0, 0.1) is 6.92 Å². The Balaban J connectivity index is 1.27. The average molecular weight is 701 g/mol. The van der Waals surface area contributed by atoms with E-state index in [0.29, 0.717) is 22.5 Å². The molecule has 0 radical (unpaired) electrons. The van der Waals surface area contributed by atoms with Crippen molar-refractivity contribution in [1.29, 1.82) is 0 Å². The summed E-state index contributed by atoms with van der Waals surface area (Å²) in [6, 6.07) is 12.0. The molecule has 7 rings (SSSR count). The molecule has 2 aliphatic rings. The van der Waals surface area contributed by atoms with Crippen LogP contribution in [-0.2, 0) is 21.4 Å². The van der Waals surface area contributed by atoms with Crippen molar-refractivity contribution in [3.8, 4) is 21.7 Å². The molecule has 49 heavy (non-hydrogen) atoms. The zero-order chi connectivity index (χ0) is 34.8. The fourth-order valence-corrected chi connectivity index (χ4v) is 8.46. The number of carboxylic acid groups (broad SMARTS) is 1.